The van der Waals surface area contributed by atoms with Crippen molar-refractivity contribution in [1.29, 1.82) is 0 Å². The second-order valence-electron chi connectivity index (χ2n) is 2.82. The summed E-state index contributed by atoms with van der Waals surface area (Å²) in [5.74, 6) is -1.05. The number of benzene rings is 1. The van der Waals surface area contributed by atoms with Crippen molar-refractivity contribution in [3.8, 4) is 0 Å². The Balaban J connectivity index is 2.89. The molecule has 0 radical (unpaired) electrons. The van der Waals surface area contributed by atoms with Crippen LogP contribution in [0.5, 0.6) is 0 Å². The van der Waals surface area contributed by atoms with Crippen LogP contribution in [0.15, 0.2) is 22.7 Å². The monoisotopic (exact) mass is 278 g/mol. The summed E-state index contributed by atoms with van der Waals surface area (Å²) in [6.45, 7) is 0. The highest BCUT2D eigenvalue weighted by Gasteiger charge is 2.12. The first-order valence-electron chi connectivity index (χ1n) is 3.85. The van der Waals surface area contributed by atoms with Crippen LogP contribution in [0, 0.1) is 0 Å². The maximum Gasteiger partial charge on any atom is 0.306 e. The third kappa shape index (κ3) is 3.29. The molecular formula is C9H8BrClO3. The maximum atomic E-state index is 10.3. The number of carboxylic acids is 1. The average Bonchev–Trinajstić information content (AvgIpc) is 2.00. The molecule has 0 saturated heterocycles. The van der Waals surface area contributed by atoms with Crippen molar-refractivity contribution in [3.05, 3.63) is 33.3 Å². The topological polar surface area (TPSA) is 57.5 Å². The van der Waals surface area contributed by atoms with Crippen molar-refractivity contribution < 1.29 is 15.0 Å². The van der Waals surface area contributed by atoms with E-state index in [1.807, 2.05) is 0 Å². The van der Waals surface area contributed by atoms with Gasteiger partial charge in [0, 0.05) is 9.50 Å². The van der Waals surface area contributed by atoms with Crippen LogP contribution in [0.1, 0.15) is 18.1 Å². The highest BCUT2D eigenvalue weighted by Crippen LogP contribution is 2.25. The Labute approximate surface area is 94.4 Å². The Bertz CT molecular complexity index is 334. The van der Waals surface area contributed by atoms with Crippen LogP contribution in [-0.2, 0) is 4.79 Å². The molecule has 2 N–H and O–H groups in total. The SMILES string of the molecule is O=C(O)CC(O)c1cc(Cl)cc(Br)c1. The Morgan fingerprint density at radius 2 is 2.14 bits per heavy atom. The maximum absolute atomic E-state index is 10.3. The quantitative estimate of drug-likeness (QED) is 0.894. The summed E-state index contributed by atoms with van der Waals surface area (Å²) < 4.78 is 0.712. The largest absolute Gasteiger partial charge is 0.481 e. The van der Waals surface area contributed by atoms with E-state index < -0.39 is 12.1 Å². The molecule has 1 atom stereocenters. The van der Waals surface area contributed by atoms with E-state index in [9.17, 15) is 9.90 Å². The summed E-state index contributed by atoms with van der Waals surface area (Å²) in [5, 5.41) is 18.4. The van der Waals surface area contributed by atoms with E-state index in [0.29, 0.717) is 15.1 Å². The number of aliphatic hydroxyl groups excluding tert-OH is 1. The van der Waals surface area contributed by atoms with E-state index in [-0.39, 0.29) is 6.42 Å². The van der Waals surface area contributed by atoms with Gasteiger partial charge in [-0.25, -0.2) is 0 Å². The van der Waals surface area contributed by atoms with Gasteiger partial charge in [0.15, 0.2) is 0 Å². The van der Waals surface area contributed by atoms with E-state index in [1.165, 1.54) is 0 Å². The lowest BCUT2D eigenvalue weighted by molar-refractivity contribution is -0.139. The Kier molecular flexibility index (Phi) is 3.92. The van der Waals surface area contributed by atoms with Gasteiger partial charge in [-0.3, -0.25) is 4.79 Å². The standard InChI is InChI=1S/C9H8BrClO3/c10-6-1-5(2-7(11)3-6)8(12)4-9(13)14/h1-3,8,12H,4H2,(H,13,14). The lowest BCUT2D eigenvalue weighted by Gasteiger charge is -2.08. The zero-order chi connectivity index (χ0) is 10.7. The summed E-state index contributed by atoms with van der Waals surface area (Å²) in [6.07, 6.45) is -1.35. The second-order valence-corrected chi connectivity index (χ2v) is 4.17. The van der Waals surface area contributed by atoms with Crippen molar-refractivity contribution in [1.82, 2.24) is 0 Å². The highest BCUT2D eigenvalue weighted by atomic mass is 79.9. The number of aliphatic carboxylic acids is 1. The summed E-state index contributed by atoms with van der Waals surface area (Å²) in [5.41, 5.74) is 0.492. The second kappa shape index (κ2) is 4.77. The molecule has 0 spiro atoms. The first-order valence-corrected chi connectivity index (χ1v) is 5.02. The Morgan fingerprint density at radius 3 is 2.64 bits per heavy atom. The van der Waals surface area contributed by atoms with Gasteiger partial charge < -0.3 is 10.2 Å². The molecule has 14 heavy (non-hydrogen) atoms. The van der Waals surface area contributed by atoms with Crippen molar-refractivity contribution in [2.45, 2.75) is 12.5 Å². The molecule has 3 nitrogen and oxygen atoms in total. The fraction of sp³-hybridized carbons (Fsp3) is 0.222. The molecule has 1 rings (SSSR count). The van der Waals surface area contributed by atoms with Gasteiger partial charge in [0.25, 0.3) is 0 Å². The molecule has 1 unspecified atom stereocenters. The summed E-state index contributed by atoms with van der Waals surface area (Å²) in [6, 6.07) is 4.85. The Hall–Kier alpha value is -0.580. The number of hydrogen-bond donors (Lipinski definition) is 2. The van der Waals surface area contributed by atoms with Crippen molar-refractivity contribution in [2.24, 2.45) is 0 Å². The van der Waals surface area contributed by atoms with Gasteiger partial charge in [-0.2, -0.15) is 0 Å². The van der Waals surface area contributed by atoms with Crippen molar-refractivity contribution in [2.75, 3.05) is 0 Å². The van der Waals surface area contributed by atoms with Crippen LogP contribution in [0.4, 0.5) is 0 Å². The minimum atomic E-state index is -1.05. The van der Waals surface area contributed by atoms with Crippen LogP contribution in [0.2, 0.25) is 5.02 Å². The van der Waals surface area contributed by atoms with Crippen molar-refractivity contribution >= 4 is 33.5 Å². The van der Waals surface area contributed by atoms with Crippen LogP contribution >= 0.6 is 27.5 Å². The highest BCUT2D eigenvalue weighted by molar-refractivity contribution is 9.10. The predicted octanol–water partition coefficient (Wildman–Crippen LogP) is 2.61. The molecule has 0 amide bonds. The van der Waals surface area contributed by atoms with Gasteiger partial charge in [0.2, 0.25) is 0 Å². The number of halogens is 2. The third-order valence-corrected chi connectivity index (χ3v) is 2.31. The fourth-order valence-corrected chi connectivity index (χ4v) is 1.94. The molecule has 0 aliphatic carbocycles. The summed E-state index contributed by atoms with van der Waals surface area (Å²) in [7, 11) is 0. The first-order chi connectivity index (χ1) is 6.49. The van der Waals surface area contributed by atoms with Gasteiger partial charge in [0.05, 0.1) is 12.5 Å². The fourth-order valence-electron chi connectivity index (χ4n) is 1.05. The smallest absolute Gasteiger partial charge is 0.306 e. The van der Waals surface area contributed by atoms with Gasteiger partial charge >= 0.3 is 5.97 Å². The first kappa shape index (κ1) is 11.5. The van der Waals surface area contributed by atoms with E-state index >= 15 is 0 Å². The van der Waals surface area contributed by atoms with E-state index in [0.717, 1.165) is 0 Å². The number of carboxylic acid groups (broad SMARTS) is 1. The molecule has 1 aromatic carbocycles. The molecule has 0 fully saturated rings. The third-order valence-electron chi connectivity index (χ3n) is 1.64. The zero-order valence-electron chi connectivity index (χ0n) is 7.08. The predicted molar refractivity (Wildman–Crippen MR) is 56.4 cm³/mol. The molecular weight excluding hydrogens is 271 g/mol. The van der Waals surface area contributed by atoms with Crippen LogP contribution in [-0.4, -0.2) is 16.2 Å². The minimum absolute atomic E-state index is 0.327. The van der Waals surface area contributed by atoms with Gasteiger partial charge in [0.1, 0.15) is 0 Å². The molecule has 1 aromatic rings. The molecule has 76 valence electrons. The normalized spacial score (nSPS) is 12.5. The number of rotatable bonds is 3. The van der Waals surface area contributed by atoms with Crippen LogP contribution < -0.4 is 0 Å². The molecule has 0 aliphatic rings. The van der Waals surface area contributed by atoms with E-state index in [1.54, 1.807) is 18.2 Å². The number of carbonyl (C=O) groups is 1. The summed E-state index contributed by atoms with van der Waals surface area (Å²) in [4.78, 5) is 10.3. The lowest BCUT2D eigenvalue weighted by atomic mass is 10.1. The molecule has 0 bridgehead atoms. The summed E-state index contributed by atoms with van der Waals surface area (Å²) >= 11 is 8.95. The molecule has 5 heteroatoms. The van der Waals surface area contributed by atoms with Gasteiger partial charge in [-0.15, -0.1) is 0 Å². The van der Waals surface area contributed by atoms with E-state index in [4.69, 9.17) is 16.7 Å². The Morgan fingerprint density at radius 1 is 1.50 bits per heavy atom. The van der Waals surface area contributed by atoms with Crippen LogP contribution in [0.25, 0.3) is 0 Å². The van der Waals surface area contributed by atoms with Gasteiger partial charge in [-0.1, -0.05) is 27.5 Å². The molecule has 0 saturated carbocycles. The van der Waals surface area contributed by atoms with E-state index in [2.05, 4.69) is 15.9 Å². The average molecular weight is 280 g/mol. The van der Waals surface area contributed by atoms with Crippen LogP contribution in [0.3, 0.4) is 0 Å². The molecule has 0 heterocycles. The minimum Gasteiger partial charge on any atom is -0.481 e. The van der Waals surface area contributed by atoms with Crippen molar-refractivity contribution in [3.63, 3.8) is 0 Å². The molecule has 0 aliphatic heterocycles. The lowest BCUT2D eigenvalue weighted by Crippen LogP contribution is -2.05. The zero-order valence-corrected chi connectivity index (χ0v) is 9.42. The molecule has 0 aromatic heterocycles. The van der Waals surface area contributed by atoms with Gasteiger partial charge in [-0.05, 0) is 23.8 Å². The number of aliphatic hydroxyl groups is 1. The number of hydrogen-bond acceptors (Lipinski definition) is 2.